The van der Waals surface area contributed by atoms with Gasteiger partial charge in [-0.15, -0.1) is 0 Å². The number of rotatable bonds is 5. The fourth-order valence-corrected chi connectivity index (χ4v) is 4.51. The highest BCUT2D eigenvalue weighted by atomic mass is 16.5. The minimum atomic E-state index is 0.678. The molecule has 0 saturated carbocycles. The molecule has 0 amide bonds. The quantitative estimate of drug-likeness (QED) is 0.448. The van der Waals surface area contributed by atoms with Crippen molar-refractivity contribution in [3.8, 4) is 17.2 Å². The van der Waals surface area contributed by atoms with Crippen molar-refractivity contribution in [2.45, 2.75) is 27.3 Å². The van der Waals surface area contributed by atoms with Gasteiger partial charge in [0, 0.05) is 43.7 Å². The molecule has 3 heterocycles. The van der Waals surface area contributed by atoms with Gasteiger partial charge in [-0.25, -0.2) is 15.0 Å². The van der Waals surface area contributed by atoms with Gasteiger partial charge in [0.2, 0.25) is 5.89 Å². The van der Waals surface area contributed by atoms with Crippen LogP contribution in [0.25, 0.3) is 22.4 Å². The molecule has 1 saturated heterocycles. The summed E-state index contributed by atoms with van der Waals surface area (Å²) in [5.41, 5.74) is 5.25. The van der Waals surface area contributed by atoms with Gasteiger partial charge in [-0.3, -0.25) is 4.90 Å². The monoisotopic (exact) mass is 443 g/mol. The van der Waals surface area contributed by atoms with Gasteiger partial charge in [-0.1, -0.05) is 12.1 Å². The van der Waals surface area contributed by atoms with E-state index in [4.69, 9.17) is 14.1 Å². The standard InChI is InChI=1S/C26H29N5O2/c1-17-18(2)24(32-4)10-9-20(17)26-29-23(19(3)33-26)15-30-11-13-31(14-12-30)25-21-7-5-6-8-22(21)27-16-28-25/h5-10,16H,11-15H2,1-4H3. The molecule has 0 unspecified atom stereocenters. The molecule has 0 spiro atoms. The van der Waals surface area contributed by atoms with Gasteiger partial charge >= 0.3 is 0 Å². The van der Waals surface area contributed by atoms with Gasteiger partial charge in [-0.05, 0) is 56.2 Å². The van der Waals surface area contributed by atoms with Crippen LogP contribution in [0, 0.1) is 20.8 Å². The first-order chi connectivity index (χ1) is 16.0. The maximum absolute atomic E-state index is 6.08. The van der Waals surface area contributed by atoms with E-state index in [1.54, 1.807) is 13.4 Å². The minimum absolute atomic E-state index is 0.678. The molecular weight excluding hydrogens is 414 g/mol. The highest BCUT2D eigenvalue weighted by Crippen LogP contribution is 2.32. The molecular formula is C26H29N5O2. The molecule has 33 heavy (non-hydrogen) atoms. The molecule has 0 N–H and O–H groups in total. The normalized spacial score (nSPS) is 14.7. The highest BCUT2D eigenvalue weighted by Gasteiger charge is 2.23. The fraction of sp³-hybridized carbons (Fsp3) is 0.346. The Bertz CT molecular complexity index is 1290. The Hall–Kier alpha value is -3.45. The molecule has 1 aliphatic heterocycles. The molecule has 0 atom stereocenters. The molecule has 0 radical (unpaired) electrons. The number of aromatic nitrogens is 3. The third kappa shape index (κ3) is 4.04. The lowest BCUT2D eigenvalue weighted by molar-refractivity contribution is 0.246. The van der Waals surface area contributed by atoms with Gasteiger partial charge < -0.3 is 14.1 Å². The topological polar surface area (TPSA) is 67.5 Å². The van der Waals surface area contributed by atoms with E-state index in [0.717, 1.165) is 83.3 Å². The van der Waals surface area contributed by atoms with Crippen LogP contribution in [0.1, 0.15) is 22.6 Å². The van der Waals surface area contributed by atoms with Gasteiger partial charge in [0.25, 0.3) is 0 Å². The van der Waals surface area contributed by atoms with E-state index in [-0.39, 0.29) is 0 Å². The van der Waals surface area contributed by atoms with Crippen molar-refractivity contribution in [3.05, 3.63) is 65.3 Å². The van der Waals surface area contributed by atoms with Crippen molar-refractivity contribution in [2.75, 3.05) is 38.2 Å². The van der Waals surface area contributed by atoms with Crippen LogP contribution in [0.5, 0.6) is 5.75 Å². The van der Waals surface area contributed by atoms with Gasteiger partial charge in [0.05, 0.1) is 18.3 Å². The van der Waals surface area contributed by atoms with Crippen LogP contribution in [0.2, 0.25) is 0 Å². The number of methoxy groups -OCH3 is 1. The number of para-hydroxylation sites is 1. The lowest BCUT2D eigenvalue weighted by Crippen LogP contribution is -2.46. The third-order valence-electron chi connectivity index (χ3n) is 6.65. The Morgan fingerprint density at radius 2 is 1.73 bits per heavy atom. The average molecular weight is 444 g/mol. The predicted octanol–water partition coefficient (Wildman–Crippen LogP) is 4.54. The number of nitrogens with zero attached hydrogens (tertiary/aromatic N) is 5. The average Bonchev–Trinajstić information content (AvgIpc) is 3.20. The number of piperazine rings is 1. The molecule has 1 fully saturated rings. The third-order valence-corrected chi connectivity index (χ3v) is 6.65. The number of hydrogen-bond donors (Lipinski definition) is 0. The Morgan fingerprint density at radius 3 is 2.52 bits per heavy atom. The molecule has 7 heteroatoms. The van der Waals surface area contributed by atoms with E-state index < -0.39 is 0 Å². The van der Waals surface area contributed by atoms with E-state index in [0.29, 0.717) is 5.89 Å². The maximum atomic E-state index is 6.08. The van der Waals surface area contributed by atoms with E-state index in [1.165, 1.54) is 0 Å². The second-order valence-corrected chi connectivity index (χ2v) is 8.56. The minimum Gasteiger partial charge on any atom is -0.496 e. The predicted molar refractivity (Wildman–Crippen MR) is 130 cm³/mol. The van der Waals surface area contributed by atoms with Crippen LogP contribution in [0.3, 0.4) is 0 Å². The van der Waals surface area contributed by atoms with E-state index in [9.17, 15) is 0 Å². The van der Waals surface area contributed by atoms with Gasteiger partial charge in [0.15, 0.2) is 0 Å². The smallest absolute Gasteiger partial charge is 0.226 e. The Balaban J connectivity index is 1.29. The number of fused-ring (bicyclic) bond motifs is 1. The summed E-state index contributed by atoms with van der Waals surface area (Å²) in [6.45, 7) is 10.7. The van der Waals surface area contributed by atoms with Crippen molar-refractivity contribution >= 4 is 16.7 Å². The van der Waals surface area contributed by atoms with Crippen LogP contribution in [-0.4, -0.2) is 53.1 Å². The second kappa shape index (κ2) is 8.83. The summed E-state index contributed by atoms with van der Waals surface area (Å²) in [5, 5.41) is 1.11. The Labute approximate surface area is 194 Å². The number of anilines is 1. The molecule has 2 aromatic carbocycles. The number of aryl methyl sites for hydroxylation is 1. The molecule has 0 aliphatic carbocycles. The van der Waals surface area contributed by atoms with Gasteiger partial charge in [0.1, 0.15) is 23.7 Å². The summed E-state index contributed by atoms with van der Waals surface area (Å²) >= 11 is 0. The van der Waals surface area contributed by atoms with Crippen LogP contribution in [-0.2, 0) is 6.54 Å². The summed E-state index contributed by atoms with van der Waals surface area (Å²) in [6, 6.07) is 12.2. The van der Waals surface area contributed by atoms with Gasteiger partial charge in [-0.2, -0.15) is 0 Å². The zero-order chi connectivity index (χ0) is 22.9. The summed E-state index contributed by atoms with van der Waals surface area (Å²) in [7, 11) is 1.70. The van der Waals surface area contributed by atoms with Crippen molar-refractivity contribution in [3.63, 3.8) is 0 Å². The molecule has 0 bridgehead atoms. The highest BCUT2D eigenvalue weighted by molar-refractivity contribution is 5.89. The van der Waals surface area contributed by atoms with Crippen LogP contribution < -0.4 is 9.64 Å². The van der Waals surface area contributed by atoms with Crippen LogP contribution in [0.4, 0.5) is 5.82 Å². The first kappa shape index (κ1) is 21.4. The molecule has 1 aliphatic rings. The zero-order valence-electron chi connectivity index (χ0n) is 19.6. The number of ether oxygens (including phenoxy) is 1. The summed E-state index contributed by atoms with van der Waals surface area (Å²) in [6.07, 6.45) is 1.66. The maximum Gasteiger partial charge on any atom is 0.226 e. The van der Waals surface area contributed by atoms with Crippen molar-refractivity contribution in [1.29, 1.82) is 0 Å². The SMILES string of the molecule is COc1ccc(-c2nc(CN3CCN(c4ncnc5ccccc45)CC3)c(C)o2)c(C)c1C. The number of benzene rings is 2. The number of hydrogen-bond acceptors (Lipinski definition) is 7. The zero-order valence-corrected chi connectivity index (χ0v) is 19.6. The molecule has 7 nitrogen and oxygen atoms in total. The molecule has 4 aromatic rings. The van der Waals surface area contributed by atoms with Crippen LogP contribution in [0.15, 0.2) is 47.1 Å². The van der Waals surface area contributed by atoms with E-state index in [2.05, 4.69) is 39.7 Å². The lowest BCUT2D eigenvalue weighted by atomic mass is 10.0. The van der Waals surface area contributed by atoms with Crippen molar-refractivity contribution in [2.24, 2.45) is 0 Å². The first-order valence-electron chi connectivity index (χ1n) is 11.3. The van der Waals surface area contributed by atoms with E-state index >= 15 is 0 Å². The summed E-state index contributed by atoms with van der Waals surface area (Å²) in [4.78, 5) is 18.6. The number of oxazole rings is 1. The Morgan fingerprint density at radius 1 is 0.939 bits per heavy atom. The van der Waals surface area contributed by atoms with Crippen LogP contribution >= 0.6 is 0 Å². The second-order valence-electron chi connectivity index (χ2n) is 8.56. The summed E-state index contributed by atoms with van der Waals surface area (Å²) < 4.78 is 11.5. The fourth-order valence-electron chi connectivity index (χ4n) is 4.51. The van der Waals surface area contributed by atoms with Crippen molar-refractivity contribution in [1.82, 2.24) is 19.9 Å². The molecule has 2 aromatic heterocycles. The van der Waals surface area contributed by atoms with E-state index in [1.807, 2.05) is 37.3 Å². The first-order valence-corrected chi connectivity index (χ1v) is 11.3. The van der Waals surface area contributed by atoms with Crippen molar-refractivity contribution < 1.29 is 9.15 Å². The summed E-state index contributed by atoms with van der Waals surface area (Å²) in [5.74, 6) is 3.46. The largest absolute Gasteiger partial charge is 0.496 e. The molecule has 170 valence electrons. The molecule has 5 rings (SSSR count). The Kier molecular flexibility index (Phi) is 5.72. The lowest BCUT2D eigenvalue weighted by Gasteiger charge is -2.35.